The van der Waals surface area contributed by atoms with Gasteiger partial charge in [-0.05, 0) is 25.7 Å². The van der Waals surface area contributed by atoms with Gasteiger partial charge < -0.3 is 42.9 Å². The van der Waals surface area contributed by atoms with Gasteiger partial charge in [0.05, 0.1) is 41.3 Å². The van der Waals surface area contributed by atoms with E-state index in [1.807, 2.05) is 0 Å². The van der Waals surface area contributed by atoms with Gasteiger partial charge in [-0.1, -0.05) is 142 Å². The van der Waals surface area contributed by atoms with Crippen molar-refractivity contribution in [2.45, 2.75) is 168 Å². The molecule has 0 aliphatic rings. The van der Waals surface area contributed by atoms with E-state index in [-0.39, 0.29) is 34.0 Å². The Morgan fingerprint density at radius 3 is 0.658 bits per heavy atom. The van der Waals surface area contributed by atoms with Gasteiger partial charge in [0.1, 0.15) is 13.1 Å². The Morgan fingerprint density at radius 1 is 0.263 bits per heavy atom. The van der Waals surface area contributed by atoms with Crippen LogP contribution in [0.3, 0.4) is 0 Å². The van der Waals surface area contributed by atoms with Gasteiger partial charge in [-0.15, -0.1) is 0 Å². The number of unbranched alkanes of at least 4 members (excludes halogenated alkanes) is 22. The van der Waals surface area contributed by atoms with Crippen LogP contribution in [0.2, 0.25) is 0 Å². The lowest BCUT2D eigenvalue weighted by atomic mass is 10.0. The molecule has 38 heavy (non-hydrogen) atoms. The Hall–Kier alpha value is 0.880. The van der Waals surface area contributed by atoms with E-state index in [0.29, 0.717) is 0 Å². The predicted molar refractivity (Wildman–Crippen MR) is 166 cm³/mol. The molecule has 0 fully saturated rings. The molecule has 0 atom stereocenters. The average Bonchev–Trinajstić information content (AvgIpc) is 2.84. The van der Waals surface area contributed by atoms with Crippen LogP contribution in [-0.2, 0) is 0 Å². The van der Waals surface area contributed by atoms with E-state index >= 15 is 0 Å². The van der Waals surface area contributed by atoms with E-state index in [2.05, 4.69) is 42.0 Å². The van der Waals surface area contributed by atoms with Gasteiger partial charge >= 0.3 is 0 Å². The zero-order chi connectivity index (χ0) is 26.8. The minimum atomic E-state index is 0. The van der Waals surface area contributed by atoms with Gasteiger partial charge in [-0.3, -0.25) is 0 Å². The summed E-state index contributed by atoms with van der Waals surface area (Å²) in [6.45, 7) is 9.97. The highest BCUT2D eigenvalue weighted by Gasteiger charge is 2.22. The van der Waals surface area contributed by atoms with Crippen LogP contribution < -0.4 is 34.0 Å². The van der Waals surface area contributed by atoms with Crippen molar-refractivity contribution < 1.29 is 42.9 Å². The SMILES string of the molecule is CCCCCCCCCCCCCCCCCC[N+](C)(C)CC[N+](C)(C)CCCCCCCCCC.[Br-].[Br-]. The van der Waals surface area contributed by atoms with Gasteiger partial charge in [0.15, 0.2) is 0 Å². The Bertz CT molecular complexity index is 440. The third-order valence-corrected chi connectivity index (χ3v) is 8.54. The smallest absolute Gasteiger partial charge is 0.128 e. The molecule has 0 aromatic carbocycles. The first-order valence-corrected chi connectivity index (χ1v) is 17.0. The minimum absolute atomic E-state index is 0. The van der Waals surface area contributed by atoms with Crippen molar-refractivity contribution >= 4 is 0 Å². The summed E-state index contributed by atoms with van der Waals surface area (Å²) in [5, 5.41) is 0. The number of likely N-dealkylation sites (N-methyl/N-ethyl adjacent to an activating group) is 2. The van der Waals surface area contributed by atoms with E-state index < -0.39 is 0 Å². The van der Waals surface area contributed by atoms with Crippen LogP contribution in [0.4, 0.5) is 0 Å². The molecule has 0 spiro atoms. The third-order valence-electron chi connectivity index (χ3n) is 8.54. The monoisotopic (exact) mass is 668 g/mol. The van der Waals surface area contributed by atoms with Crippen molar-refractivity contribution in [2.24, 2.45) is 0 Å². The second-order valence-electron chi connectivity index (χ2n) is 13.5. The fourth-order valence-electron chi connectivity index (χ4n) is 5.53. The molecular weight excluding hydrogens is 596 g/mol. The molecule has 0 heterocycles. The van der Waals surface area contributed by atoms with E-state index in [1.54, 1.807) is 0 Å². The standard InChI is InChI=1S/C34H74N2.2BrH/c1-7-9-11-13-15-17-18-19-20-21-22-23-24-26-28-30-32-36(5,6)34-33-35(3,4)31-29-27-25-16-14-12-10-8-2;;/h7-34H2,1-6H3;2*1H/q+2;;/p-2. The zero-order valence-electron chi connectivity index (χ0n) is 27.4. The lowest BCUT2D eigenvalue weighted by molar-refractivity contribution is -0.946. The largest absolute Gasteiger partial charge is 1.00 e. The van der Waals surface area contributed by atoms with Gasteiger partial charge in [0.2, 0.25) is 0 Å². The minimum Gasteiger partial charge on any atom is -1.00 e. The molecule has 0 amide bonds. The molecule has 0 aromatic heterocycles. The summed E-state index contributed by atoms with van der Waals surface area (Å²) in [7, 11) is 9.83. The van der Waals surface area contributed by atoms with Gasteiger partial charge in [0.25, 0.3) is 0 Å². The molecule has 0 aliphatic heterocycles. The Labute approximate surface area is 264 Å². The molecule has 234 valence electrons. The highest BCUT2D eigenvalue weighted by Crippen LogP contribution is 2.15. The fraction of sp³-hybridized carbons (Fsp3) is 1.00. The lowest BCUT2D eigenvalue weighted by Crippen LogP contribution is -3.00. The molecule has 4 heteroatoms. The van der Waals surface area contributed by atoms with Crippen LogP contribution in [0.15, 0.2) is 0 Å². The molecule has 0 aliphatic carbocycles. The quantitative estimate of drug-likeness (QED) is 0.0810. The number of nitrogens with zero attached hydrogens (tertiary/aromatic N) is 2. The second kappa shape index (κ2) is 30.8. The number of rotatable bonds is 29. The molecule has 0 bridgehead atoms. The maximum Gasteiger partial charge on any atom is 0.128 e. The average molecular weight is 671 g/mol. The molecular formula is C34H74Br2N2. The summed E-state index contributed by atoms with van der Waals surface area (Å²) < 4.78 is 2.41. The molecule has 0 saturated carbocycles. The number of quaternary nitrogens is 2. The summed E-state index contributed by atoms with van der Waals surface area (Å²) in [6, 6.07) is 0. The Balaban J connectivity index is -0.00000612. The highest BCUT2D eigenvalue weighted by molar-refractivity contribution is 4.51. The number of hydrogen-bond acceptors (Lipinski definition) is 0. The molecule has 0 unspecified atom stereocenters. The van der Waals surface area contributed by atoms with E-state index in [9.17, 15) is 0 Å². The maximum absolute atomic E-state index is 2.46. The summed E-state index contributed by atoms with van der Waals surface area (Å²) in [4.78, 5) is 0. The fourth-order valence-corrected chi connectivity index (χ4v) is 5.53. The van der Waals surface area contributed by atoms with Crippen molar-refractivity contribution in [1.82, 2.24) is 0 Å². The Kier molecular flexibility index (Phi) is 35.2. The third kappa shape index (κ3) is 33.1. The van der Waals surface area contributed by atoms with Gasteiger partial charge in [0, 0.05) is 0 Å². The highest BCUT2D eigenvalue weighted by atomic mass is 79.9. The van der Waals surface area contributed by atoms with Crippen LogP contribution in [0.25, 0.3) is 0 Å². The number of hydrogen-bond donors (Lipinski definition) is 0. The molecule has 0 radical (unpaired) electrons. The molecule has 2 nitrogen and oxygen atoms in total. The van der Waals surface area contributed by atoms with Crippen molar-refractivity contribution in [2.75, 3.05) is 54.4 Å². The van der Waals surface area contributed by atoms with E-state index in [0.717, 1.165) is 0 Å². The summed E-state index contributed by atoms with van der Waals surface area (Å²) >= 11 is 0. The molecule has 0 aromatic rings. The van der Waals surface area contributed by atoms with Crippen molar-refractivity contribution in [3.8, 4) is 0 Å². The first-order valence-electron chi connectivity index (χ1n) is 17.0. The normalized spacial score (nSPS) is 11.8. The zero-order valence-corrected chi connectivity index (χ0v) is 30.6. The van der Waals surface area contributed by atoms with Crippen LogP contribution in [0.5, 0.6) is 0 Å². The van der Waals surface area contributed by atoms with Gasteiger partial charge in [-0.25, -0.2) is 0 Å². The summed E-state index contributed by atoms with van der Waals surface area (Å²) in [5.74, 6) is 0. The van der Waals surface area contributed by atoms with E-state index in [4.69, 9.17) is 0 Å². The van der Waals surface area contributed by atoms with Crippen LogP contribution in [0, 0.1) is 0 Å². The van der Waals surface area contributed by atoms with Crippen molar-refractivity contribution in [1.29, 1.82) is 0 Å². The first kappa shape index (κ1) is 43.3. The number of halogens is 2. The van der Waals surface area contributed by atoms with Crippen molar-refractivity contribution in [3.05, 3.63) is 0 Å². The van der Waals surface area contributed by atoms with Crippen LogP contribution >= 0.6 is 0 Å². The molecule has 0 saturated heterocycles. The summed E-state index contributed by atoms with van der Waals surface area (Å²) in [6.07, 6.45) is 34.8. The van der Waals surface area contributed by atoms with E-state index in [1.165, 1.54) is 189 Å². The predicted octanol–water partition coefficient (Wildman–Crippen LogP) is 4.55. The Morgan fingerprint density at radius 2 is 0.447 bits per heavy atom. The molecule has 0 rings (SSSR count). The topological polar surface area (TPSA) is 0 Å². The van der Waals surface area contributed by atoms with Crippen LogP contribution in [-0.4, -0.2) is 63.3 Å². The molecule has 0 N–H and O–H groups in total. The van der Waals surface area contributed by atoms with Gasteiger partial charge in [-0.2, -0.15) is 0 Å². The second-order valence-corrected chi connectivity index (χ2v) is 13.5. The lowest BCUT2D eigenvalue weighted by Gasteiger charge is -2.36. The maximum atomic E-state index is 2.46. The van der Waals surface area contributed by atoms with Crippen LogP contribution in [0.1, 0.15) is 168 Å². The first-order chi connectivity index (χ1) is 17.3. The summed E-state index contributed by atoms with van der Waals surface area (Å²) in [5.41, 5.74) is 0. The van der Waals surface area contributed by atoms with Crippen molar-refractivity contribution in [3.63, 3.8) is 0 Å².